The predicted molar refractivity (Wildman–Crippen MR) is 168 cm³/mol. The average Bonchev–Trinajstić information content (AvgIpc) is 3.14. The van der Waals surface area contributed by atoms with Crippen molar-refractivity contribution in [3.8, 4) is 0 Å². The molecule has 3 heteroatoms. The Hall–Kier alpha value is -3.07. The van der Waals surface area contributed by atoms with Crippen LogP contribution in [0.5, 0.6) is 0 Å². The quantitative estimate of drug-likeness (QED) is 0.396. The van der Waals surface area contributed by atoms with E-state index in [9.17, 15) is 0 Å². The van der Waals surface area contributed by atoms with Crippen LogP contribution in [0.2, 0.25) is 0 Å². The third kappa shape index (κ3) is 4.76. The van der Waals surface area contributed by atoms with E-state index in [0.717, 1.165) is 30.6 Å². The van der Waals surface area contributed by atoms with E-state index in [1.807, 2.05) is 0 Å². The molecule has 6 atom stereocenters. The second kappa shape index (κ2) is 10.4. The summed E-state index contributed by atoms with van der Waals surface area (Å²) in [6.07, 6.45) is 22.4. The Bertz CT molecular complexity index is 1390. The molecule has 2 aliphatic carbocycles. The van der Waals surface area contributed by atoms with E-state index in [4.69, 9.17) is 4.98 Å². The molecule has 2 bridgehead atoms. The topological polar surface area (TPSA) is 19.4 Å². The van der Waals surface area contributed by atoms with Gasteiger partial charge in [-0.1, -0.05) is 75.6 Å². The van der Waals surface area contributed by atoms with Crippen molar-refractivity contribution < 1.29 is 0 Å². The minimum atomic E-state index is 0.338. The van der Waals surface area contributed by atoms with E-state index < -0.39 is 0 Å². The lowest BCUT2D eigenvalue weighted by Gasteiger charge is -2.31. The fourth-order valence-corrected chi connectivity index (χ4v) is 8.00. The molecular formula is C37H45N3. The Kier molecular flexibility index (Phi) is 6.72. The van der Waals surface area contributed by atoms with Crippen molar-refractivity contribution in [1.29, 1.82) is 0 Å². The zero-order valence-electron chi connectivity index (χ0n) is 24.8. The first-order chi connectivity index (χ1) is 19.4. The van der Waals surface area contributed by atoms with Gasteiger partial charge in [-0.25, -0.2) is 4.98 Å². The van der Waals surface area contributed by atoms with Gasteiger partial charge in [0.2, 0.25) is 0 Å². The highest BCUT2D eigenvalue weighted by molar-refractivity contribution is 5.84. The SMILES string of the molecule is Cc1ccc2c(c1)C(C1=CC(C)C3C=C(c4ccc(N5CCC6CCCC(C6)C5)nc4)C=CN13)=CC(C)C(C)C2. The summed E-state index contributed by atoms with van der Waals surface area (Å²) < 4.78 is 0. The van der Waals surface area contributed by atoms with Gasteiger partial charge in [0, 0.05) is 42.7 Å². The molecule has 6 unspecified atom stereocenters. The first kappa shape index (κ1) is 25.9. The summed E-state index contributed by atoms with van der Waals surface area (Å²) in [5.74, 6) is 4.59. The molecule has 208 valence electrons. The maximum absolute atomic E-state index is 5.00. The van der Waals surface area contributed by atoms with Gasteiger partial charge < -0.3 is 9.80 Å². The number of allylic oxidation sites excluding steroid dienone is 4. The van der Waals surface area contributed by atoms with Crippen molar-refractivity contribution in [1.82, 2.24) is 9.88 Å². The zero-order chi connectivity index (χ0) is 27.4. The van der Waals surface area contributed by atoms with Crippen LogP contribution in [-0.4, -0.2) is 29.0 Å². The Balaban J connectivity index is 1.13. The van der Waals surface area contributed by atoms with Crippen molar-refractivity contribution in [2.24, 2.45) is 29.6 Å². The minimum absolute atomic E-state index is 0.338. The lowest BCUT2D eigenvalue weighted by Crippen LogP contribution is -2.30. The normalized spacial score (nSPS) is 31.4. The average molecular weight is 532 g/mol. The number of hydrogen-bond acceptors (Lipinski definition) is 3. The molecule has 1 aromatic heterocycles. The number of aryl methyl sites for hydroxylation is 1. The van der Waals surface area contributed by atoms with Crippen molar-refractivity contribution in [3.63, 3.8) is 0 Å². The number of rotatable bonds is 3. The highest BCUT2D eigenvalue weighted by atomic mass is 15.2. The molecule has 7 rings (SSSR count). The van der Waals surface area contributed by atoms with Crippen molar-refractivity contribution in [3.05, 3.63) is 95.0 Å². The van der Waals surface area contributed by atoms with Crippen LogP contribution in [0, 0.1) is 36.5 Å². The molecule has 3 aliphatic heterocycles. The van der Waals surface area contributed by atoms with Crippen LogP contribution in [0.4, 0.5) is 5.82 Å². The molecule has 40 heavy (non-hydrogen) atoms. The lowest BCUT2D eigenvalue weighted by atomic mass is 9.81. The molecule has 2 aromatic rings. The molecule has 3 nitrogen and oxygen atoms in total. The highest BCUT2D eigenvalue weighted by Gasteiger charge is 2.35. The molecule has 2 fully saturated rings. The summed E-state index contributed by atoms with van der Waals surface area (Å²) in [6.45, 7) is 11.7. The monoisotopic (exact) mass is 531 g/mol. The van der Waals surface area contributed by atoms with Crippen LogP contribution >= 0.6 is 0 Å². The van der Waals surface area contributed by atoms with E-state index in [-0.39, 0.29) is 0 Å². The summed E-state index contributed by atoms with van der Waals surface area (Å²) in [4.78, 5) is 10.1. The number of fused-ring (bicyclic) bond motifs is 4. The number of hydrogen-bond donors (Lipinski definition) is 0. The van der Waals surface area contributed by atoms with Crippen LogP contribution < -0.4 is 4.90 Å². The number of anilines is 1. The Morgan fingerprint density at radius 2 is 1.77 bits per heavy atom. The predicted octanol–water partition coefficient (Wildman–Crippen LogP) is 8.43. The molecule has 0 radical (unpaired) electrons. The fraction of sp³-hybridized carbons (Fsp3) is 0.486. The molecule has 1 saturated heterocycles. The largest absolute Gasteiger partial charge is 0.356 e. The maximum atomic E-state index is 5.00. The zero-order valence-corrected chi connectivity index (χ0v) is 24.8. The van der Waals surface area contributed by atoms with E-state index in [2.05, 4.69) is 105 Å². The highest BCUT2D eigenvalue weighted by Crippen LogP contribution is 2.44. The summed E-state index contributed by atoms with van der Waals surface area (Å²) in [5.41, 5.74) is 9.56. The van der Waals surface area contributed by atoms with Crippen LogP contribution in [0.1, 0.15) is 75.1 Å². The van der Waals surface area contributed by atoms with Gasteiger partial charge in [-0.3, -0.25) is 0 Å². The molecule has 4 heterocycles. The van der Waals surface area contributed by atoms with Gasteiger partial charge in [0.15, 0.2) is 0 Å². The van der Waals surface area contributed by atoms with Crippen LogP contribution in [0.15, 0.2) is 72.7 Å². The van der Waals surface area contributed by atoms with Gasteiger partial charge in [0.25, 0.3) is 0 Å². The Morgan fingerprint density at radius 3 is 2.62 bits per heavy atom. The van der Waals surface area contributed by atoms with Crippen molar-refractivity contribution in [2.45, 2.75) is 72.3 Å². The molecule has 0 spiro atoms. The number of benzene rings is 1. The molecule has 0 amide bonds. The Labute approximate surface area is 241 Å². The van der Waals surface area contributed by atoms with Gasteiger partial charge in [-0.05, 0) is 96.8 Å². The molecule has 5 aliphatic rings. The summed E-state index contributed by atoms with van der Waals surface area (Å²) in [5, 5.41) is 0. The van der Waals surface area contributed by atoms with Gasteiger partial charge in [-0.2, -0.15) is 0 Å². The second-order valence-corrected chi connectivity index (χ2v) is 13.6. The maximum Gasteiger partial charge on any atom is 0.128 e. The third-order valence-electron chi connectivity index (χ3n) is 10.6. The summed E-state index contributed by atoms with van der Waals surface area (Å²) in [7, 11) is 0. The molecule has 0 N–H and O–H groups in total. The number of pyridine rings is 1. The number of nitrogens with zero attached hydrogens (tertiary/aromatic N) is 3. The first-order valence-electron chi connectivity index (χ1n) is 15.9. The fourth-order valence-electron chi connectivity index (χ4n) is 8.00. The van der Waals surface area contributed by atoms with Crippen LogP contribution in [0.25, 0.3) is 11.1 Å². The van der Waals surface area contributed by atoms with E-state index in [1.54, 1.807) is 0 Å². The summed E-state index contributed by atoms with van der Waals surface area (Å²) in [6, 6.07) is 12.0. The van der Waals surface area contributed by atoms with Gasteiger partial charge in [-0.15, -0.1) is 0 Å². The van der Waals surface area contributed by atoms with Crippen LogP contribution in [-0.2, 0) is 6.42 Å². The third-order valence-corrected chi connectivity index (χ3v) is 10.6. The van der Waals surface area contributed by atoms with Gasteiger partial charge in [0.1, 0.15) is 5.82 Å². The smallest absolute Gasteiger partial charge is 0.128 e. The standard InChI is InChI=1S/C37H45N3/c1-24-8-9-31-17-25(2)26(3)18-34(33(31)16-24)36-19-27(4)35-21-30(13-15-40(35)36)32-10-11-37(38-22-32)39-14-12-28-6-5-7-29(20-28)23-39/h8-11,13,15-16,18-19,21-22,25-29,35H,5-7,12,14,17,20,23H2,1-4H3. The van der Waals surface area contributed by atoms with E-state index >= 15 is 0 Å². The second-order valence-electron chi connectivity index (χ2n) is 13.6. The Morgan fingerprint density at radius 1 is 0.900 bits per heavy atom. The molecule has 1 saturated carbocycles. The first-order valence-corrected chi connectivity index (χ1v) is 15.9. The number of aromatic nitrogens is 1. The van der Waals surface area contributed by atoms with Crippen molar-refractivity contribution in [2.75, 3.05) is 18.0 Å². The molecular weight excluding hydrogens is 486 g/mol. The van der Waals surface area contributed by atoms with E-state index in [0.29, 0.717) is 23.8 Å². The minimum Gasteiger partial charge on any atom is -0.356 e. The van der Waals surface area contributed by atoms with Crippen molar-refractivity contribution >= 4 is 17.0 Å². The van der Waals surface area contributed by atoms with E-state index in [1.165, 1.54) is 77.7 Å². The lowest BCUT2D eigenvalue weighted by molar-refractivity contribution is 0.284. The summed E-state index contributed by atoms with van der Waals surface area (Å²) >= 11 is 0. The van der Waals surface area contributed by atoms with Gasteiger partial charge >= 0.3 is 0 Å². The molecule has 1 aromatic carbocycles. The van der Waals surface area contributed by atoms with Crippen LogP contribution in [0.3, 0.4) is 0 Å². The van der Waals surface area contributed by atoms with Gasteiger partial charge in [0.05, 0.1) is 6.04 Å².